The standard InChI is InChI=1S/C6H14S2/c1-4-8-6(2,3)5-7/h7H,4-5H2,1-3H3. The predicted molar refractivity (Wildman–Crippen MR) is 46.1 cm³/mol. The predicted octanol–water partition coefficient (Wildman–Crippen LogP) is 2.45. The zero-order chi connectivity index (χ0) is 6.62. The van der Waals surface area contributed by atoms with Crippen molar-refractivity contribution in [2.24, 2.45) is 0 Å². The fraction of sp³-hybridized carbons (Fsp3) is 1.00. The molecule has 0 radical (unpaired) electrons. The summed E-state index contributed by atoms with van der Waals surface area (Å²) in [6, 6.07) is 0. The molecule has 50 valence electrons. The summed E-state index contributed by atoms with van der Waals surface area (Å²) >= 11 is 6.17. The van der Waals surface area contributed by atoms with Crippen molar-refractivity contribution in [3.8, 4) is 0 Å². The molecule has 0 aliphatic rings. The van der Waals surface area contributed by atoms with Crippen LogP contribution in [0.4, 0.5) is 0 Å². The summed E-state index contributed by atoms with van der Waals surface area (Å²) in [6.45, 7) is 6.61. The van der Waals surface area contributed by atoms with E-state index in [0.717, 1.165) is 5.75 Å². The molecule has 0 aromatic carbocycles. The molecule has 0 aromatic rings. The fourth-order valence-corrected chi connectivity index (χ4v) is 1.58. The third-order valence-electron chi connectivity index (χ3n) is 0.916. The highest BCUT2D eigenvalue weighted by molar-refractivity contribution is 8.01. The van der Waals surface area contributed by atoms with Crippen LogP contribution in [-0.2, 0) is 0 Å². The molecule has 0 fully saturated rings. The van der Waals surface area contributed by atoms with Crippen molar-refractivity contribution in [1.82, 2.24) is 0 Å². The molecule has 0 spiro atoms. The Morgan fingerprint density at radius 2 is 2.00 bits per heavy atom. The molecular weight excluding hydrogens is 136 g/mol. The maximum Gasteiger partial charge on any atom is 0.0191 e. The number of hydrogen-bond donors (Lipinski definition) is 1. The van der Waals surface area contributed by atoms with Gasteiger partial charge in [-0.05, 0) is 19.6 Å². The van der Waals surface area contributed by atoms with E-state index in [1.165, 1.54) is 5.75 Å². The van der Waals surface area contributed by atoms with Crippen LogP contribution in [0.1, 0.15) is 20.8 Å². The van der Waals surface area contributed by atoms with Crippen molar-refractivity contribution in [3.05, 3.63) is 0 Å². The summed E-state index contributed by atoms with van der Waals surface area (Å²) in [5.74, 6) is 2.15. The molecule has 0 rings (SSSR count). The Kier molecular flexibility index (Phi) is 4.00. The third kappa shape index (κ3) is 3.67. The molecule has 0 bridgehead atoms. The lowest BCUT2D eigenvalue weighted by Gasteiger charge is -2.19. The largest absolute Gasteiger partial charge is 0.178 e. The van der Waals surface area contributed by atoms with Crippen molar-refractivity contribution in [2.45, 2.75) is 25.5 Å². The number of rotatable bonds is 3. The summed E-state index contributed by atoms with van der Waals surface area (Å²) in [6.07, 6.45) is 0. The molecule has 0 saturated carbocycles. The van der Waals surface area contributed by atoms with Crippen molar-refractivity contribution in [2.75, 3.05) is 11.5 Å². The Balaban J connectivity index is 3.37. The summed E-state index contributed by atoms with van der Waals surface area (Å²) < 4.78 is 0.373. The summed E-state index contributed by atoms with van der Waals surface area (Å²) in [7, 11) is 0. The smallest absolute Gasteiger partial charge is 0.0191 e. The third-order valence-corrected chi connectivity index (χ3v) is 3.13. The second-order valence-corrected chi connectivity index (χ2v) is 4.64. The van der Waals surface area contributed by atoms with Crippen LogP contribution in [0.25, 0.3) is 0 Å². The second kappa shape index (κ2) is 3.67. The van der Waals surface area contributed by atoms with Gasteiger partial charge in [0.15, 0.2) is 0 Å². The lowest BCUT2D eigenvalue weighted by Crippen LogP contribution is -2.16. The first-order valence-corrected chi connectivity index (χ1v) is 4.49. The zero-order valence-corrected chi connectivity index (χ0v) is 7.48. The van der Waals surface area contributed by atoms with Crippen LogP contribution in [-0.4, -0.2) is 16.3 Å². The van der Waals surface area contributed by atoms with Gasteiger partial charge in [0.1, 0.15) is 0 Å². The maximum atomic E-state index is 4.21. The van der Waals surface area contributed by atoms with Crippen LogP contribution < -0.4 is 0 Å². The molecule has 0 aliphatic carbocycles. The molecule has 0 saturated heterocycles. The van der Waals surface area contributed by atoms with Gasteiger partial charge >= 0.3 is 0 Å². The summed E-state index contributed by atoms with van der Waals surface area (Å²) in [5, 5.41) is 0. The van der Waals surface area contributed by atoms with Gasteiger partial charge in [0.2, 0.25) is 0 Å². The van der Waals surface area contributed by atoms with Gasteiger partial charge < -0.3 is 0 Å². The van der Waals surface area contributed by atoms with Gasteiger partial charge in [0, 0.05) is 10.5 Å². The van der Waals surface area contributed by atoms with E-state index >= 15 is 0 Å². The van der Waals surface area contributed by atoms with Crippen molar-refractivity contribution in [1.29, 1.82) is 0 Å². The lowest BCUT2D eigenvalue weighted by atomic mass is 10.2. The van der Waals surface area contributed by atoms with Gasteiger partial charge in [-0.3, -0.25) is 0 Å². The van der Waals surface area contributed by atoms with Gasteiger partial charge in [-0.2, -0.15) is 24.4 Å². The first-order valence-electron chi connectivity index (χ1n) is 2.87. The van der Waals surface area contributed by atoms with Crippen LogP contribution >= 0.6 is 24.4 Å². The highest BCUT2D eigenvalue weighted by Crippen LogP contribution is 2.24. The number of thiol groups is 1. The molecule has 0 amide bonds. The Morgan fingerprint density at radius 1 is 1.50 bits per heavy atom. The van der Waals surface area contributed by atoms with E-state index in [4.69, 9.17) is 0 Å². The maximum absolute atomic E-state index is 4.21. The molecular formula is C6H14S2. The molecule has 2 heteroatoms. The highest BCUT2D eigenvalue weighted by atomic mass is 32.2. The number of hydrogen-bond acceptors (Lipinski definition) is 2. The molecule has 8 heavy (non-hydrogen) atoms. The van der Waals surface area contributed by atoms with E-state index < -0.39 is 0 Å². The Bertz CT molecular complexity index is 59.5. The monoisotopic (exact) mass is 150 g/mol. The van der Waals surface area contributed by atoms with Gasteiger partial charge in [-0.25, -0.2) is 0 Å². The lowest BCUT2D eigenvalue weighted by molar-refractivity contribution is 0.820. The summed E-state index contributed by atoms with van der Waals surface area (Å²) in [4.78, 5) is 0. The minimum absolute atomic E-state index is 0.373. The SMILES string of the molecule is CCSC(C)(C)CS. The molecule has 0 atom stereocenters. The normalized spacial score (nSPS) is 12.0. The van der Waals surface area contributed by atoms with Crippen molar-refractivity contribution in [3.63, 3.8) is 0 Å². The van der Waals surface area contributed by atoms with Crippen LogP contribution in [0.3, 0.4) is 0 Å². The minimum Gasteiger partial charge on any atom is -0.178 e. The second-order valence-electron chi connectivity index (χ2n) is 2.35. The molecule has 0 heterocycles. The molecule has 0 unspecified atom stereocenters. The average Bonchev–Trinajstić information content (AvgIpc) is 1.67. The highest BCUT2D eigenvalue weighted by Gasteiger charge is 2.13. The molecule has 0 N–H and O–H groups in total. The fourth-order valence-electron chi connectivity index (χ4n) is 0.436. The van der Waals surface area contributed by atoms with Crippen LogP contribution in [0.2, 0.25) is 0 Å². The van der Waals surface area contributed by atoms with Crippen LogP contribution in [0, 0.1) is 0 Å². The first kappa shape index (κ1) is 8.70. The van der Waals surface area contributed by atoms with Gasteiger partial charge in [0.05, 0.1) is 0 Å². The molecule has 0 aliphatic heterocycles. The van der Waals surface area contributed by atoms with Crippen molar-refractivity contribution >= 4 is 24.4 Å². The number of thioether (sulfide) groups is 1. The quantitative estimate of drug-likeness (QED) is 0.603. The molecule has 0 nitrogen and oxygen atoms in total. The van der Waals surface area contributed by atoms with Crippen LogP contribution in [0.15, 0.2) is 0 Å². The van der Waals surface area contributed by atoms with Crippen LogP contribution in [0.5, 0.6) is 0 Å². The first-order chi connectivity index (χ1) is 3.62. The van der Waals surface area contributed by atoms with E-state index in [9.17, 15) is 0 Å². The Hall–Kier alpha value is 0.700. The average molecular weight is 150 g/mol. The van der Waals surface area contributed by atoms with E-state index in [0.29, 0.717) is 4.75 Å². The zero-order valence-electron chi connectivity index (χ0n) is 5.77. The summed E-state index contributed by atoms with van der Waals surface area (Å²) in [5.41, 5.74) is 0. The topological polar surface area (TPSA) is 0 Å². The van der Waals surface area contributed by atoms with E-state index in [1.807, 2.05) is 11.8 Å². The van der Waals surface area contributed by atoms with Gasteiger partial charge in [-0.1, -0.05) is 6.92 Å². The molecule has 0 aromatic heterocycles. The Morgan fingerprint density at radius 3 is 2.12 bits per heavy atom. The minimum atomic E-state index is 0.373. The van der Waals surface area contributed by atoms with E-state index in [1.54, 1.807) is 0 Å². The van der Waals surface area contributed by atoms with E-state index in [-0.39, 0.29) is 0 Å². The van der Waals surface area contributed by atoms with Gasteiger partial charge in [0.25, 0.3) is 0 Å². The Labute approximate surface area is 61.8 Å². The van der Waals surface area contributed by atoms with E-state index in [2.05, 4.69) is 33.4 Å². The van der Waals surface area contributed by atoms with Gasteiger partial charge in [-0.15, -0.1) is 0 Å². The van der Waals surface area contributed by atoms with Crippen molar-refractivity contribution < 1.29 is 0 Å².